The number of sulfonamides is 1. The highest BCUT2D eigenvalue weighted by atomic mass is 32.2. The Balaban J connectivity index is 1.57. The van der Waals surface area contributed by atoms with Crippen molar-refractivity contribution < 1.29 is 13.2 Å². The van der Waals surface area contributed by atoms with E-state index in [0.717, 1.165) is 18.4 Å². The first-order valence-corrected chi connectivity index (χ1v) is 10.1. The molecule has 4 rings (SSSR count). The summed E-state index contributed by atoms with van der Waals surface area (Å²) in [6.07, 6.45) is 3.05. The minimum Gasteiger partial charge on any atom is -0.336 e. The molecule has 1 aromatic rings. The molecule has 24 heavy (non-hydrogen) atoms. The fourth-order valence-corrected chi connectivity index (χ4v) is 6.31. The molecule has 3 fully saturated rings. The lowest BCUT2D eigenvalue weighted by Crippen LogP contribution is -2.52. The standard InChI is InChI=1S/C17H23N3O3S/c21-16-18-10-12-20(16)15-7-4-11-19(13-15)24(22,23)17(8-9-17)14-5-2-1-3-6-14/h1-3,5-6,15H,4,7-13H2,(H,18,21). The Morgan fingerprint density at radius 1 is 1.12 bits per heavy atom. The maximum Gasteiger partial charge on any atom is 0.317 e. The van der Waals surface area contributed by atoms with Gasteiger partial charge in [0, 0.05) is 32.2 Å². The van der Waals surface area contributed by atoms with Gasteiger partial charge in [0.05, 0.1) is 0 Å². The molecule has 2 saturated heterocycles. The maximum atomic E-state index is 13.3. The van der Waals surface area contributed by atoms with Gasteiger partial charge in [0.25, 0.3) is 0 Å². The highest BCUT2D eigenvalue weighted by molar-refractivity contribution is 7.90. The number of amides is 2. The van der Waals surface area contributed by atoms with Crippen LogP contribution < -0.4 is 5.32 Å². The van der Waals surface area contributed by atoms with Crippen molar-refractivity contribution in [2.24, 2.45) is 0 Å². The van der Waals surface area contributed by atoms with Crippen molar-refractivity contribution in [3.05, 3.63) is 35.9 Å². The predicted octanol–water partition coefficient (Wildman–Crippen LogP) is 1.50. The molecule has 1 aromatic carbocycles. The van der Waals surface area contributed by atoms with Crippen LogP contribution in [-0.4, -0.2) is 55.9 Å². The molecule has 2 aliphatic heterocycles. The van der Waals surface area contributed by atoms with Crippen LogP contribution in [0.25, 0.3) is 0 Å². The molecule has 1 saturated carbocycles. The predicted molar refractivity (Wildman–Crippen MR) is 91.0 cm³/mol. The Bertz CT molecular complexity index is 731. The second kappa shape index (κ2) is 5.74. The average Bonchev–Trinajstić information content (AvgIpc) is 3.33. The highest BCUT2D eigenvalue weighted by Gasteiger charge is 2.58. The lowest BCUT2D eigenvalue weighted by atomic mass is 10.1. The zero-order chi connectivity index (χ0) is 16.8. The number of carbonyl (C=O) groups excluding carboxylic acids is 1. The summed E-state index contributed by atoms with van der Waals surface area (Å²) in [4.78, 5) is 13.7. The number of urea groups is 1. The van der Waals surface area contributed by atoms with Gasteiger partial charge in [0.15, 0.2) is 0 Å². The normalized spacial score (nSPS) is 27.1. The minimum atomic E-state index is -3.41. The number of hydrogen-bond acceptors (Lipinski definition) is 3. The van der Waals surface area contributed by atoms with E-state index >= 15 is 0 Å². The third-order valence-corrected chi connectivity index (χ3v) is 8.17. The summed E-state index contributed by atoms with van der Waals surface area (Å²) in [5.41, 5.74) is 0.894. The number of hydrogen-bond donors (Lipinski definition) is 1. The molecular formula is C17H23N3O3S. The third-order valence-electron chi connectivity index (χ3n) is 5.53. The molecule has 130 valence electrons. The number of carbonyl (C=O) groups is 1. The molecule has 0 aromatic heterocycles. The van der Waals surface area contributed by atoms with Gasteiger partial charge in [-0.1, -0.05) is 30.3 Å². The summed E-state index contributed by atoms with van der Waals surface area (Å²) in [5, 5.41) is 2.81. The Labute approximate surface area is 142 Å². The number of benzene rings is 1. The summed E-state index contributed by atoms with van der Waals surface area (Å²) >= 11 is 0. The first-order valence-electron chi connectivity index (χ1n) is 8.64. The Kier molecular flexibility index (Phi) is 3.80. The van der Waals surface area contributed by atoms with Gasteiger partial charge in [0.1, 0.15) is 4.75 Å². The third kappa shape index (κ3) is 2.41. The van der Waals surface area contributed by atoms with E-state index in [-0.39, 0.29) is 12.1 Å². The van der Waals surface area contributed by atoms with E-state index in [1.54, 1.807) is 9.21 Å². The van der Waals surface area contributed by atoms with E-state index in [4.69, 9.17) is 0 Å². The van der Waals surface area contributed by atoms with Crippen molar-refractivity contribution in [2.75, 3.05) is 26.2 Å². The van der Waals surface area contributed by atoms with E-state index < -0.39 is 14.8 Å². The molecule has 1 N–H and O–H groups in total. The van der Waals surface area contributed by atoms with Gasteiger partial charge >= 0.3 is 6.03 Å². The van der Waals surface area contributed by atoms with Gasteiger partial charge in [0.2, 0.25) is 10.0 Å². The van der Waals surface area contributed by atoms with Crippen molar-refractivity contribution in [3.63, 3.8) is 0 Å². The fraction of sp³-hybridized carbons (Fsp3) is 0.588. The molecule has 0 radical (unpaired) electrons. The summed E-state index contributed by atoms with van der Waals surface area (Å²) in [6, 6.07) is 9.47. The van der Waals surface area contributed by atoms with E-state index in [0.29, 0.717) is 39.0 Å². The van der Waals surface area contributed by atoms with Crippen LogP contribution in [-0.2, 0) is 14.8 Å². The van der Waals surface area contributed by atoms with Gasteiger partial charge in [-0.05, 0) is 31.2 Å². The van der Waals surface area contributed by atoms with Crippen LogP contribution in [0.15, 0.2) is 30.3 Å². The Morgan fingerprint density at radius 3 is 2.50 bits per heavy atom. The average molecular weight is 349 g/mol. The lowest BCUT2D eigenvalue weighted by molar-refractivity contribution is 0.163. The number of rotatable bonds is 4. The first kappa shape index (κ1) is 15.9. The Hall–Kier alpha value is -1.60. The van der Waals surface area contributed by atoms with E-state index in [9.17, 15) is 13.2 Å². The van der Waals surface area contributed by atoms with Gasteiger partial charge < -0.3 is 10.2 Å². The summed E-state index contributed by atoms with van der Waals surface area (Å²) in [5.74, 6) is 0. The molecule has 0 spiro atoms. The van der Waals surface area contributed by atoms with Crippen LogP contribution in [0.2, 0.25) is 0 Å². The van der Waals surface area contributed by atoms with Crippen LogP contribution in [0.4, 0.5) is 4.79 Å². The van der Waals surface area contributed by atoms with Crippen molar-refractivity contribution >= 4 is 16.1 Å². The van der Waals surface area contributed by atoms with Gasteiger partial charge in [-0.15, -0.1) is 0 Å². The fourth-order valence-electron chi connectivity index (χ4n) is 4.03. The maximum absolute atomic E-state index is 13.3. The molecule has 2 heterocycles. The second-order valence-corrected chi connectivity index (χ2v) is 9.19. The zero-order valence-corrected chi connectivity index (χ0v) is 14.5. The van der Waals surface area contributed by atoms with Crippen molar-refractivity contribution in [2.45, 2.75) is 36.5 Å². The zero-order valence-electron chi connectivity index (χ0n) is 13.6. The second-order valence-electron chi connectivity index (χ2n) is 6.94. The summed E-state index contributed by atoms with van der Waals surface area (Å²) in [6.45, 7) is 2.30. The Morgan fingerprint density at radius 2 is 1.88 bits per heavy atom. The lowest BCUT2D eigenvalue weighted by Gasteiger charge is -2.38. The number of nitrogens with one attached hydrogen (secondary N) is 1. The van der Waals surface area contributed by atoms with Crippen LogP contribution in [0, 0.1) is 0 Å². The molecule has 1 aliphatic carbocycles. The molecule has 2 amide bonds. The molecule has 1 atom stereocenters. The van der Waals surface area contributed by atoms with Gasteiger partial charge in [-0.3, -0.25) is 0 Å². The van der Waals surface area contributed by atoms with Crippen molar-refractivity contribution in [1.29, 1.82) is 0 Å². The smallest absolute Gasteiger partial charge is 0.317 e. The molecule has 0 bridgehead atoms. The minimum absolute atomic E-state index is 0.0115. The molecular weight excluding hydrogens is 326 g/mol. The molecule has 1 unspecified atom stereocenters. The van der Waals surface area contributed by atoms with Crippen LogP contribution >= 0.6 is 0 Å². The van der Waals surface area contributed by atoms with E-state index in [1.165, 1.54) is 0 Å². The monoisotopic (exact) mass is 349 g/mol. The molecule has 7 heteroatoms. The largest absolute Gasteiger partial charge is 0.336 e. The summed E-state index contributed by atoms with van der Waals surface area (Å²) < 4.78 is 27.5. The van der Waals surface area contributed by atoms with Crippen molar-refractivity contribution in [1.82, 2.24) is 14.5 Å². The number of nitrogens with zero attached hydrogens (tertiary/aromatic N) is 2. The van der Waals surface area contributed by atoms with Gasteiger partial charge in [-0.2, -0.15) is 4.31 Å². The molecule has 6 nitrogen and oxygen atoms in total. The number of piperidine rings is 1. The highest BCUT2D eigenvalue weighted by Crippen LogP contribution is 2.54. The van der Waals surface area contributed by atoms with Crippen LogP contribution in [0.1, 0.15) is 31.2 Å². The van der Waals surface area contributed by atoms with Crippen LogP contribution in [0.5, 0.6) is 0 Å². The SMILES string of the molecule is O=C1NCCN1C1CCCN(S(=O)(=O)C2(c3ccccc3)CC2)C1. The van der Waals surface area contributed by atoms with Gasteiger partial charge in [-0.25, -0.2) is 13.2 Å². The quantitative estimate of drug-likeness (QED) is 0.895. The van der Waals surface area contributed by atoms with Crippen molar-refractivity contribution in [3.8, 4) is 0 Å². The van der Waals surface area contributed by atoms with E-state index in [2.05, 4.69) is 5.32 Å². The first-order chi connectivity index (χ1) is 11.5. The summed E-state index contributed by atoms with van der Waals surface area (Å²) in [7, 11) is -3.41. The van der Waals surface area contributed by atoms with E-state index in [1.807, 2.05) is 30.3 Å². The molecule has 3 aliphatic rings. The van der Waals surface area contributed by atoms with Crippen LogP contribution in [0.3, 0.4) is 0 Å². The topological polar surface area (TPSA) is 69.7 Å².